The van der Waals surface area contributed by atoms with Crippen LogP contribution in [-0.4, -0.2) is 32.2 Å². The van der Waals surface area contributed by atoms with Gasteiger partial charge in [0.2, 0.25) is 0 Å². The Morgan fingerprint density at radius 3 is 1.33 bits per heavy atom. The van der Waals surface area contributed by atoms with Crippen LogP contribution >= 0.6 is 0 Å². The van der Waals surface area contributed by atoms with Crippen molar-refractivity contribution >= 4 is 32.2 Å². The van der Waals surface area contributed by atoms with Crippen molar-refractivity contribution in [2.24, 2.45) is 0 Å². The zero-order chi connectivity index (χ0) is 3.58. The van der Waals surface area contributed by atoms with Crippen molar-refractivity contribution in [1.29, 1.82) is 0 Å². The van der Waals surface area contributed by atoms with Crippen LogP contribution in [0.2, 0.25) is 0 Å². The van der Waals surface area contributed by atoms with Gasteiger partial charge in [-0.1, -0.05) is 0 Å². The first-order valence-corrected chi connectivity index (χ1v) is 1.84. The zero-order valence-electron chi connectivity index (χ0n) is 2.93. The van der Waals surface area contributed by atoms with Gasteiger partial charge in [0.15, 0.2) is 0 Å². The van der Waals surface area contributed by atoms with Crippen LogP contribution in [-0.2, 0) is 26.2 Å². The summed E-state index contributed by atoms with van der Waals surface area (Å²) < 4.78 is 8.52. The Balaban J connectivity index is -0.0000000450. The molecule has 6 heavy (non-hydrogen) atoms. The SMILES string of the molecule is O=[Si]([O-])[O-].[Mg+2].[Ti+2]. The van der Waals surface area contributed by atoms with Crippen molar-refractivity contribution < 1.29 is 35.8 Å². The third-order valence-electron chi connectivity index (χ3n) is 0. The summed E-state index contributed by atoms with van der Waals surface area (Å²) in [5.74, 6) is 0. The topological polar surface area (TPSA) is 63.2 Å². The summed E-state index contributed by atoms with van der Waals surface area (Å²) in [5, 5.41) is 0. The van der Waals surface area contributed by atoms with Crippen molar-refractivity contribution in [3.63, 3.8) is 0 Å². The average Bonchev–Trinajstić information content (AvgIpc) is 0.811. The zero-order valence-corrected chi connectivity index (χ0v) is 6.91. The van der Waals surface area contributed by atoms with Crippen molar-refractivity contribution in [2.75, 3.05) is 0 Å². The molecule has 0 aromatic rings. The van der Waals surface area contributed by atoms with Crippen LogP contribution in [0.25, 0.3) is 0 Å². The molecule has 0 atom stereocenters. The Morgan fingerprint density at radius 1 is 1.33 bits per heavy atom. The molecule has 0 aliphatic rings. The van der Waals surface area contributed by atoms with E-state index in [0.29, 0.717) is 0 Å². The van der Waals surface area contributed by atoms with Crippen LogP contribution in [0.4, 0.5) is 0 Å². The quantitative estimate of drug-likeness (QED) is 0.339. The molecule has 26 valence electrons. The van der Waals surface area contributed by atoms with E-state index in [1.165, 1.54) is 0 Å². The van der Waals surface area contributed by atoms with E-state index in [0.717, 1.165) is 0 Å². The van der Waals surface area contributed by atoms with Crippen LogP contribution < -0.4 is 9.59 Å². The van der Waals surface area contributed by atoms with E-state index in [1.54, 1.807) is 0 Å². The Morgan fingerprint density at radius 2 is 1.33 bits per heavy atom. The van der Waals surface area contributed by atoms with Crippen LogP contribution in [0.1, 0.15) is 0 Å². The van der Waals surface area contributed by atoms with Gasteiger partial charge in [-0.25, -0.2) is 0 Å². The van der Waals surface area contributed by atoms with Crippen molar-refractivity contribution in [3.8, 4) is 0 Å². The van der Waals surface area contributed by atoms with Gasteiger partial charge in [0.1, 0.15) is 0 Å². The van der Waals surface area contributed by atoms with Gasteiger partial charge in [-0.05, 0) is 0 Å². The minimum Gasteiger partial charge on any atom is -0.672 e. The molecule has 0 saturated carbocycles. The summed E-state index contributed by atoms with van der Waals surface area (Å²) in [6.07, 6.45) is 0. The number of hydrogen-bond donors (Lipinski definition) is 0. The summed E-state index contributed by atoms with van der Waals surface area (Å²) in [6, 6.07) is 0. The molecule has 0 rings (SSSR count). The molecule has 0 aromatic carbocycles. The van der Waals surface area contributed by atoms with E-state index in [-0.39, 0.29) is 44.8 Å². The molecule has 0 fully saturated rings. The summed E-state index contributed by atoms with van der Waals surface area (Å²) in [4.78, 5) is 17.0. The van der Waals surface area contributed by atoms with Crippen molar-refractivity contribution in [3.05, 3.63) is 0 Å². The van der Waals surface area contributed by atoms with E-state index >= 15 is 0 Å². The number of rotatable bonds is 0. The third-order valence-corrected chi connectivity index (χ3v) is 0. The molecule has 3 nitrogen and oxygen atoms in total. The van der Waals surface area contributed by atoms with E-state index < -0.39 is 9.17 Å². The Kier molecular flexibility index (Phi) is 24.7. The molecule has 0 radical (unpaired) electrons. The van der Waals surface area contributed by atoms with Gasteiger partial charge >= 0.3 is 44.8 Å². The second-order valence-electron chi connectivity index (χ2n) is 0.250. The largest absolute Gasteiger partial charge is 2.00 e. The fourth-order valence-corrected chi connectivity index (χ4v) is 0. The van der Waals surface area contributed by atoms with Gasteiger partial charge < -0.3 is 14.1 Å². The second kappa shape index (κ2) is 9.44. The fourth-order valence-electron chi connectivity index (χ4n) is 0. The molecule has 0 N–H and O–H groups in total. The molecular formula is MgO3SiTi+2. The van der Waals surface area contributed by atoms with Crippen LogP contribution in [0.3, 0.4) is 0 Å². The average molecular weight is 148 g/mol. The van der Waals surface area contributed by atoms with E-state index in [1.807, 2.05) is 0 Å². The summed E-state index contributed by atoms with van der Waals surface area (Å²) >= 11 is 0. The van der Waals surface area contributed by atoms with Gasteiger partial charge in [0.25, 0.3) is 0 Å². The monoisotopic (exact) mass is 148 g/mol. The van der Waals surface area contributed by atoms with Crippen LogP contribution in [0, 0.1) is 0 Å². The van der Waals surface area contributed by atoms with Gasteiger partial charge in [-0.2, -0.15) is 0 Å². The molecule has 0 aromatic heterocycles. The van der Waals surface area contributed by atoms with Gasteiger partial charge in [0.05, 0.1) is 0 Å². The fraction of sp³-hybridized carbons (Fsp3) is 0. The first-order chi connectivity index (χ1) is 1.73. The minimum atomic E-state index is -3.63. The molecule has 0 aliphatic heterocycles. The summed E-state index contributed by atoms with van der Waals surface area (Å²) in [6.45, 7) is 0. The molecule has 0 aliphatic carbocycles. The van der Waals surface area contributed by atoms with Gasteiger partial charge in [-0.15, -0.1) is 0 Å². The predicted octanol–water partition coefficient (Wildman–Crippen LogP) is -3.26. The maximum Gasteiger partial charge on any atom is 2.00 e. The smallest absolute Gasteiger partial charge is 0.672 e. The van der Waals surface area contributed by atoms with Crippen molar-refractivity contribution in [1.82, 2.24) is 0 Å². The Hall–Kier alpha value is 1.10. The van der Waals surface area contributed by atoms with Crippen LogP contribution in [0.5, 0.6) is 0 Å². The van der Waals surface area contributed by atoms with E-state index in [9.17, 15) is 0 Å². The molecular weight excluding hydrogens is 148 g/mol. The Labute approximate surface area is 67.7 Å². The summed E-state index contributed by atoms with van der Waals surface area (Å²) in [5.41, 5.74) is 0. The molecule has 0 amide bonds. The molecule has 0 unspecified atom stereocenters. The maximum atomic E-state index is 8.52. The number of hydrogen-bond acceptors (Lipinski definition) is 3. The van der Waals surface area contributed by atoms with Gasteiger partial charge in [0, 0.05) is 9.17 Å². The van der Waals surface area contributed by atoms with Crippen molar-refractivity contribution in [2.45, 2.75) is 0 Å². The first kappa shape index (κ1) is 15.7. The normalized spacial score (nSPS) is 4.00. The second-order valence-corrected chi connectivity index (χ2v) is 0.750. The standard InChI is InChI=1S/Mg.O3Si.Ti/c;1-4(2)3;/q+2;-2;+2. The van der Waals surface area contributed by atoms with E-state index in [4.69, 9.17) is 14.1 Å². The molecule has 6 heteroatoms. The summed E-state index contributed by atoms with van der Waals surface area (Å²) in [7, 11) is -3.63. The molecule has 0 saturated heterocycles. The molecule has 0 bridgehead atoms. The van der Waals surface area contributed by atoms with Gasteiger partial charge in [-0.3, -0.25) is 0 Å². The molecule has 0 heterocycles. The first-order valence-electron chi connectivity index (χ1n) is 0.612. The minimum absolute atomic E-state index is 0. The maximum absolute atomic E-state index is 8.52. The third kappa shape index (κ3) is 71.1. The molecule has 0 spiro atoms. The van der Waals surface area contributed by atoms with E-state index in [2.05, 4.69) is 0 Å². The Bertz CT molecular complexity index is 33.8. The van der Waals surface area contributed by atoms with Crippen LogP contribution in [0.15, 0.2) is 0 Å². The predicted molar refractivity (Wildman–Crippen MR) is 12.2 cm³/mol.